The number of aryl methyl sites for hydroxylation is 1. The number of hydrogen-bond donors (Lipinski definition) is 2. The van der Waals surface area contributed by atoms with Crippen LogP contribution in [-0.2, 0) is 0 Å². The van der Waals surface area contributed by atoms with Gasteiger partial charge in [0.1, 0.15) is 11.5 Å². The number of hydrogen-bond acceptors (Lipinski definition) is 3. The van der Waals surface area contributed by atoms with Crippen LogP contribution in [-0.4, -0.2) is 0 Å². The molecule has 96 valence electrons. The molecule has 1 atom stereocenters. The van der Waals surface area contributed by atoms with Gasteiger partial charge in [-0.05, 0) is 26.0 Å². The number of benzene rings is 1. The van der Waals surface area contributed by atoms with Crippen LogP contribution >= 0.6 is 0 Å². The molecule has 0 bridgehead atoms. The van der Waals surface area contributed by atoms with E-state index < -0.39 is 11.6 Å². The first kappa shape index (κ1) is 12.4. The zero-order chi connectivity index (χ0) is 13.3. The summed E-state index contributed by atoms with van der Waals surface area (Å²) in [5.74, 6) is -0.400. The summed E-state index contributed by atoms with van der Waals surface area (Å²) < 4.78 is 31.5. The van der Waals surface area contributed by atoms with Gasteiger partial charge in [0, 0.05) is 12.1 Å². The van der Waals surface area contributed by atoms with Crippen molar-refractivity contribution < 1.29 is 13.2 Å². The zero-order valence-corrected chi connectivity index (χ0v) is 10.1. The Bertz CT molecular complexity index is 566. The van der Waals surface area contributed by atoms with Crippen molar-refractivity contribution in [2.45, 2.75) is 19.9 Å². The van der Waals surface area contributed by atoms with E-state index >= 15 is 0 Å². The number of rotatable bonds is 3. The largest absolute Gasteiger partial charge is 0.464 e. The number of nitrogens with one attached hydrogen (secondary N) is 1. The summed E-state index contributed by atoms with van der Waals surface area (Å²) in [7, 11) is 0. The molecular formula is C13H14F2N2O. The fourth-order valence-corrected chi connectivity index (χ4v) is 1.68. The van der Waals surface area contributed by atoms with Gasteiger partial charge >= 0.3 is 0 Å². The maximum Gasteiger partial charge on any atom is 0.161 e. The highest BCUT2D eigenvalue weighted by molar-refractivity contribution is 5.66. The van der Waals surface area contributed by atoms with E-state index in [0.717, 1.165) is 17.9 Å². The van der Waals surface area contributed by atoms with Crippen molar-refractivity contribution >= 4 is 11.4 Å². The fourth-order valence-electron chi connectivity index (χ4n) is 1.68. The van der Waals surface area contributed by atoms with Crippen LogP contribution in [0.5, 0.6) is 0 Å². The lowest BCUT2D eigenvalue weighted by Crippen LogP contribution is -2.08. The molecule has 1 aromatic heterocycles. The van der Waals surface area contributed by atoms with Crippen LogP contribution in [0.3, 0.4) is 0 Å². The number of nitrogens with two attached hydrogens (primary N) is 1. The minimum absolute atomic E-state index is 0.157. The van der Waals surface area contributed by atoms with Crippen LogP contribution in [0.4, 0.5) is 20.2 Å². The molecule has 0 amide bonds. The van der Waals surface area contributed by atoms with Crippen LogP contribution in [0.15, 0.2) is 28.7 Å². The van der Waals surface area contributed by atoms with Gasteiger partial charge in [0.05, 0.1) is 17.4 Å². The van der Waals surface area contributed by atoms with Gasteiger partial charge in [-0.15, -0.1) is 0 Å². The average molecular weight is 252 g/mol. The molecule has 0 saturated carbocycles. The lowest BCUT2D eigenvalue weighted by molar-refractivity contribution is 0.466. The standard InChI is InChI=1S/C13H14F2N2O/c1-7-3-4-13(18-7)8(2)17-12-6-10(15)9(14)5-11(12)16/h3-6,8,17H,16H2,1-2H3. The Labute approximate surface area is 104 Å². The van der Waals surface area contributed by atoms with Crippen LogP contribution in [0, 0.1) is 18.6 Å². The van der Waals surface area contributed by atoms with Gasteiger partial charge in [-0.2, -0.15) is 0 Å². The summed E-state index contributed by atoms with van der Waals surface area (Å²) in [5.41, 5.74) is 6.12. The summed E-state index contributed by atoms with van der Waals surface area (Å²) in [6.07, 6.45) is 0. The third-order valence-corrected chi connectivity index (χ3v) is 2.65. The van der Waals surface area contributed by atoms with Gasteiger partial charge in [-0.3, -0.25) is 0 Å². The van der Waals surface area contributed by atoms with Gasteiger partial charge in [-0.25, -0.2) is 8.78 Å². The number of halogens is 2. The first-order valence-electron chi connectivity index (χ1n) is 5.54. The first-order chi connectivity index (χ1) is 8.47. The number of anilines is 2. The van der Waals surface area contributed by atoms with E-state index in [1.54, 1.807) is 0 Å². The molecule has 1 unspecified atom stereocenters. The normalized spacial score (nSPS) is 12.4. The molecule has 18 heavy (non-hydrogen) atoms. The van der Waals surface area contributed by atoms with Crippen LogP contribution < -0.4 is 11.1 Å². The maximum atomic E-state index is 13.1. The third kappa shape index (κ3) is 2.45. The van der Waals surface area contributed by atoms with Crippen molar-refractivity contribution in [2.75, 3.05) is 11.1 Å². The maximum absolute atomic E-state index is 13.1. The highest BCUT2D eigenvalue weighted by atomic mass is 19.2. The van der Waals surface area contributed by atoms with E-state index in [-0.39, 0.29) is 11.7 Å². The topological polar surface area (TPSA) is 51.2 Å². The molecule has 0 saturated heterocycles. The Balaban J connectivity index is 2.21. The van der Waals surface area contributed by atoms with E-state index in [1.807, 2.05) is 26.0 Å². The molecule has 0 fully saturated rings. The Morgan fingerprint density at radius 3 is 2.50 bits per heavy atom. The SMILES string of the molecule is Cc1ccc(C(C)Nc2cc(F)c(F)cc2N)o1. The van der Waals surface area contributed by atoms with Crippen LogP contribution in [0.1, 0.15) is 24.5 Å². The Kier molecular flexibility index (Phi) is 3.23. The zero-order valence-electron chi connectivity index (χ0n) is 10.1. The Morgan fingerprint density at radius 1 is 1.22 bits per heavy atom. The predicted molar refractivity (Wildman–Crippen MR) is 66.3 cm³/mol. The second-order valence-corrected chi connectivity index (χ2v) is 4.17. The minimum Gasteiger partial charge on any atom is -0.464 e. The lowest BCUT2D eigenvalue weighted by Gasteiger charge is -2.15. The average Bonchev–Trinajstić information content (AvgIpc) is 2.73. The molecule has 0 radical (unpaired) electrons. The molecular weight excluding hydrogens is 238 g/mol. The summed E-state index contributed by atoms with van der Waals surface area (Å²) in [5, 5.41) is 2.98. The van der Waals surface area contributed by atoms with Gasteiger partial charge in [0.2, 0.25) is 0 Å². The predicted octanol–water partition coefficient (Wildman–Crippen LogP) is 3.62. The molecule has 2 aromatic rings. The fraction of sp³-hybridized carbons (Fsp3) is 0.231. The highest BCUT2D eigenvalue weighted by Crippen LogP contribution is 2.27. The molecule has 2 rings (SSSR count). The second-order valence-electron chi connectivity index (χ2n) is 4.17. The Morgan fingerprint density at radius 2 is 1.89 bits per heavy atom. The van der Waals surface area contributed by atoms with Gasteiger partial charge < -0.3 is 15.5 Å². The first-order valence-corrected chi connectivity index (χ1v) is 5.54. The number of furan rings is 1. The molecule has 1 aromatic carbocycles. The van der Waals surface area contributed by atoms with Crippen molar-refractivity contribution in [3.8, 4) is 0 Å². The summed E-state index contributed by atoms with van der Waals surface area (Å²) in [4.78, 5) is 0. The quantitative estimate of drug-likeness (QED) is 0.820. The monoisotopic (exact) mass is 252 g/mol. The van der Waals surface area contributed by atoms with E-state index in [2.05, 4.69) is 5.32 Å². The van der Waals surface area contributed by atoms with Crippen molar-refractivity contribution in [1.82, 2.24) is 0 Å². The molecule has 0 aliphatic heterocycles. The molecule has 5 heteroatoms. The summed E-state index contributed by atoms with van der Waals surface area (Å²) in [6.45, 7) is 3.68. The summed E-state index contributed by atoms with van der Waals surface area (Å²) >= 11 is 0. The molecule has 0 aliphatic rings. The highest BCUT2D eigenvalue weighted by Gasteiger charge is 2.13. The lowest BCUT2D eigenvalue weighted by atomic mass is 10.2. The van der Waals surface area contributed by atoms with Crippen LogP contribution in [0.25, 0.3) is 0 Å². The second kappa shape index (κ2) is 4.68. The number of nitrogen functional groups attached to an aromatic ring is 1. The molecule has 0 aliphatic carbocycles. The molecule has 0 spiro atoms. The van der Waals surface area contributed by atoms with Gasteiger partial charge in [0.15, 0.2) is 11.6 Å². The minimum atomic E-state index is -0.959. The van der Waals surface area contributed by atoms with E-state index in [4.69, 9.17) is 10.2 Å². The van der Waals surface area contributed by atoms with Gasteiger partial charge in [0.25, 0.3) is 0 Å². The van der Waals surface area contributed by atoms with Crippen molar-refractivity contribution in [1.29, 1.82) is 0 Å². The molecule has 3 N–H and O–H groups in total. The van der Waals surface area contributed by atoms with Gasteiger partial charge in [-0.1, -0.05) is 0 Å². The molecule has 3 nitrogen and oxygen atoms in total. The van der Waals surface area contributed by atoms with Crippen molar-refractivity contribution in [2.24, 2.45) is 0 Å². The van der Waals surface area contributed by atoms with Crippen LogP contribution in [0.2, 0.25) is 0 Å². The van der Waals surface area contributed by atoms with E-state index in [0.29, 0.717) is 11.4 Å². The summed E-state index contributed by atoms with van der Waals surface area (Å²) in [6, 6.07) is 5.46. The van der Waals surface area contributed by atoms with E-state index in [1.165, 1.54) is 0 Å². The molecule has 1 heterocycles. The third-order valence-electron chi connectivity index (χ3n) is 2.65. The van der Waals surface area contributed by atoms with Crippen molar-refractivity contribution in [3.05, 3.63) is 47.4 Å². The van der Waals surface area contributed by atoms with E-state index in [9.17, 15) is 8.78 Å². The smallest absolute Gasteiger partial charge is 0.161 e. The Hall–Kier alpha value is -2.04. The van der Waals surface area contributed by atoms with Crippen molar-refractivity contribution in [3.63, 3.8) is 0 Å².